The van der Waals surface area contributed by atoms with Crippen molar-refractivity contribution < 1.29 is 9.84 Å². The Bertz CT molecular complexity index is 624. The molecule has 0 saturated heterocycles. The molecule has 3 nitrogen and oxygen atoms in total. The van der Waals surface area contributed by atoms with Gasteiger partial charge in [-0.15, -0.1) is 0 Å². The molecule has 0 bridgehead atoms. The van der Waals surface area contributed by atoms with E-state index in [2.05, 4.69) is 6.07 Å². The highest BCUT2D eigenvalue weighted by Crippen LogP contribution is 2.27. The Hall–Kier alpha value is -2.31. The van der Waals surface area contributed by atoms with Gasteiger partial charge in [-0.1, -0.05) is 24.3 Å². The maximum absolute atomic E-state index is 10.6. The lowest BCUT2D eigenvalue weighted by molar-refractivity contribution is 0.0576. The Morgan fingerprint density at radius 2 is 1.90 bits per heavy atom. The van der Waals surface area contributed by atoms with Crippen LogP contribution in [-0.2, 0) is 12.0 Å². The number of rotatable bonds is 4. The van der Waals surface area contributed by atoms with E-state index in [4.69, 9.17) is 10.00 Å². The summed E-state index contributed by atoms with van der Waals surface area (Å²) in [5.74, 6) is 0.776. The molecule has 0 radical (unpaired) electrons. The fourth-order valence-electron chi connectivity index (χ4n) is 2.19. The van der Waals surface area contributed by atoms with Crippen molar-refractivity contribution in [3.05, 3.63) is 65.2 Å². The van der Waals surface area contributed by atoms with Crippen LogP contribution in [0.4, 0.5) is 0 Å². The molecule has 2 aromatic rings. The van der Waals surface area contributed by atoms with Crippen molar-refractivity contribution in [1.82, 2.24) is 0 Å². The summed E-state index contributed by atoms with van der Waals surface area (Å²) in [6, 6.07) is 16.7. The van der Waals surface area contributed by atoms with Gasteiger partial charge in [0.05, 0.1) is 24.3 Å². The highest BCUT2D eigenvalue weighted by atomic mass is 16.5. The molecule has 1 N–H and O–H groups in total. The zero-order valence-corrected chi connectivity index (χ0v) is 11.6. The minimum atomic E-state index is -0.986. The van der Waals surface area contributed by atoms with Crippen LogP contribution in [-0.4, -0.2) is 12.2 Å². The first kappa shape index (κ1) is 14.1. The molecule has 20 heavy (non-hydrogen) atoms. The van der Waals surface area contributed by atoms with Crippen LogP contribution in [0.1, 0.15) is 23.6 Å². The second-order valence-electron chi connectivity index (χ2n) is 4.99. The Balaban J connectivity index is 2.23. The van der Waals surface area contributed by atoms with Gasteiger partial charge >= 0.3 is 0 Å². The molecule has 1 unspecified atom stereocenters. The lowest BCUT2D eigenvalue weighted by Gasteiger charge is -2.24. The first-order valence-electron chi connectivity index (χ1n) is 6.41. The molecule has 0 amide bonds. The molecule has 0 aliphatic carbocycles. The van der Waals surface area contributed by atoms with E-state index >= 15 is 0 Å². The summed E-state index contributed by atoms with van der Waals surface area (Å²) in [7, 11) is 1.62. The zero-order chi connectivity index (χ0) is 14.6. The molecule has 0 spiro atoms. The van der Waals surface area contributed by atoms with Gasteiger partial charge in [-0.25, -0.2) is 0 Å². The quantitative estimate of drug-likeness (QED) is 0.926. The van der Waals surface area contributed by atoms with Crippen molar-refractivity contribution in [3.63, 3.8) is 0 Å². The molecule has 0 aromatic heterocycles. The van der Waals surface area contributed by atoms with E-state index in [1.54, 1.807) is 38.3 Å². The standard InChI is InChI=1S/C17H17NO2/c1-17(19,15-8-6-13(12-18)7-9-15)11-14-4-3-5-16(10-14)20-2/h3-10,19H,11H2,1-2H3. The van der Waals surface area contributed by atoms with Crippen LogP contribution in [0, 0.1) is 11.3 Å². The van der Waals surface area contributed by atoms with Crippen molar-refractivity contribution in [3.8, 4) is 11.8 Å². The monoisotopic (exact) mass is 267 g/mol. The van der Waals surface area contributed by atoms with Gasteiger partial charge in [0.1, 0.15) is 5.75 Å². The molecule has 0 aliphatic rings. The van der Waals surface area contributed by atoms with Crippen LogP contribution in [0.15, 0.2) is 48.5 Å². The van der Waals surface area contributed by atoms with Crippen LogP contribution in [0.25, 0.3) is 0 Å². The first-order chi connectivity index (χ1) is 9.55. The summed E-state index contributed by atoms with van der Waals surface area (Å²) < 4.78 is 5.19. The summed E-state index contributed by atoms with van der Waals surface area (Å²) in [6.07, 6.45) is 0.482. The molecular formula is C17H17NO2. The average molecular weight is 267 g/mol. The first-order valence-corrected chi connectivity index (χ1v) is 6.41. The Kier molecular flexibility index (Phi) is 4.07. The fourth-order valence-corrected chi connectivity index (χ4v) is 2.19. The van der Waals surface area contributed by atoms with E-state index in [1.165, 1.54) is 0 Å². The number of methoxy groups -OCH3 is 1. The topological polar surface area (TPSA) is 53.2 Å². The van der Waals surface area contributed by atoms with E-state index in [-0.39, 0.29) is 0 Å². The molecule has 1 atom stereocenters. The average Bonchev–Trinajstić information content (AvgIpc) is 2.47. The van der Waals surface area contributed by atoms with Crippen molar-refractivity contribution in [2.45, 2.75) is 18.9 Å². The van der Waals surface area contributed by atoms with E-state index in [9.17, 15) is 5.11 Å². The summed E-state index contributed by atoms with van der Waals surface area (Å²) in [5, 5.41) is 19.4. The van der Waals surface area contributed by atoms with E-state index < -0.39 is 5.60 Å². The third-order valence-electron chi connectivity index (χ3n) is 3.32. The lowest BCUT2D eigenvalue weighted by atomic mass is 9.88. The van der Waals surface area contributed by atoms with Crippen LogP contribution < -0.4 is 4.74 Å². The summed E-state index contributed by atoms with van der Waals surface area (Å²) in [5.41, 5.74) is 1.39. The molecule has 102 valence electrons. The highest BCUT2D eigenvalue weighted by Gasteiger charge is 2.23. The zero-order valence-electron chi connectivity index (χ0n) is 11.6. The summed E-state index contributed by atoms with van der Waals surface area (Å²) >= 11 is 0. The smallest absolute Gasteiger partial charge is 0.119 e. The number of ether oxygens (including phenoxy) is 1. The molecule has 0 saturated carbocycles. The van der Waals surface area contributed by atoms with Gasteiger partial charge in [0.15, 0.2) is 0 Å². The number of aliphatic hydroxyl groups is 1. The fraction of sp³-hybridized carbons (Fsp3) is 0.235. The minimum Gasteiger partial charge on any atom is -0.497 e. The Morgan fingerprint density at radius 1 is 1.20 bits per heavy atom. The minimum absolute atomic E-state index is 0.482. The van der Waals surface area contributed by atoms with E-state index in [0.717, 1.165) is 16.9 Å². The van der Waals surface area contributed by atoms with Crippen LogP contribution in [0.2, 0.25) is 0 Å². The molecule has 2 aromatic carbocycles. The number of benzene rings is 2. The molecule has 0 fully saturated rings. The SMILES string of the molecule is COc1cccc(CC(C)(O)c2ccc(C#N)cc2)c1. The maximum Gasteiger partial charge on any atom is 0.119 e. The number of nitrogens with zero attached hydrogens (tertiary/aromatic N) is 1. The van der Waals surface area contributed by atoms with E-state index in [1.807, 2.05) is 24.3 Å². The third kappa shape index (κ3) is 3.17. The number of hydrogen-bond donors (Lipinski definition) is 1. The van der Waals surface area contributed by atoms with Gasteiger partial charge in [-0.05, 0) is 42.3 Å². The van der Waals surface area contributed by atoms with Crippen molar-refractivity contribution in [2.75, 3.05) is 7.11 Å². The van der Waals surface area contributed by atoms with Crippen molar-refractivity contribution in [1.29, 1.82) is 5.26 Å². The Morgan fingerprint density at radius 3 is 2.50 bits per heavy atom. The maximum atomic E-state index is 10.6. The Labute approximate surface area is 119 Å². The summed E-state index contributed by atoms with van der Waals surface area (Å²) in [6.45, 7) is 1.77. The van der Waals surface area contributed by atoms with Gasteiger partial charge in [-0.2, -0.15) is 5.26 Å². The summed E-state index contributed by atoms with van der Waals surface area (Å²) in [4.78, 5) is 0. The van der Waals surface area contributed by atoms with Gasteiger partial charge in [0, 0.05) is 6.42 Å². The molecule has 3 heteroatoms. The number of nitriles is 1. The van der Waals surface area contributed by atoms with Gasteiger partial charge in [0.2, 0.25) is 0 Å². The van der Waals surface area contributed by atoms with Gasteiger partial charge in [0.25, 0.3) is 0 Å². The number of hydrogen-bond acceptors (Lipinski definition) is 3. The molecule has 0 aliphatic heterocycles. The molecule has 2 rings (SSSR count). The third-order valence-corrected chi connectivity index (χ3v) is 3.32. The lowest BCUT2D eigenvalue weighted by Crippen LogP contribution is -2.24. The van der Waals surface area contributed by atoms with Gasteiger partial charge < -0.3 is 9.84 Å². The molecule has 0 heterocycles. The second-order valence-corrected chi connectivity index (χ2v) is 4.99. The largest absolute Gasteiger partial charge is 0.497 e. The normalized spacial score (nSPS) is 13.3. The van der Waals surface area contributed by atoms with Crippen molar-refractivity contribution >= 4 is 0 Å². The van der Waals surface area contributed by atoms with Gasteiger partial charge in [-0.3, -0.25) is 0 Å². The van der Waals surface area contributed by atoms with Crippen LogP contribution in [0.3, 0.4) is 0 Å². The predicted octanol–water partition coefficient (Wildman–Crippen LogP) is 3.02. The predicted molar refractivity (Wildman–Crippen MR) is 77.4 cm³/mol. The van der Waals surface area contributed by atoms with Crippen molar-refractivity contribution in [2.24, 2.45) is 0 Å². The second kappa shape index (κ2) is 5.77. The van der Waals surface area contributed by atoms with Crippen LogP contribution in [0.5, 0.6) is 5.75 Å². The highest BCUT2D eigenvalue weighted by molar-refractivity contribution is 5.36. The van der Waals surface area contributed by atoms with Crippen LogP contribution >= 0.6 is 0 Å². The molecular weight excluding hydrogens is 250 g/mol. The van der Waals surface area contributed by atoms with E-state index in [0.29, 0.717) is 12.0 Å².